The summed E-state index contributed by atoms with van der Waals surface area (Å²) in [4.78, 5) is 17.9. The van der Waals surface area contributed by atoms with Gasteiger partial charge in [-0.1, -0.05) is 40.2 Å². The van der Waals surface area contributed by atoms with E-state index in [0.29, 0.717) is 23.2 Å². The van der Waals surface area contributed by atoms with Crippen molar-refractivity contribution in [3.8, 4) is 0 Å². The highest BCUT2D eigenvalue weighted by Gasteiger charge is 2.13. The van der Waals surface area contributed by atoms with Crippen LogP contribution in [0.2, 0.25) is 0 Å². The molecule has 6 rings (SSSR count). The Kier molecular flexibility index (Phi) is 10.6. The van der Waals surface area contributed by atoms with Crippen LogP contribution < -0.4 is 10.6 Å². The molecule has 2 unspecified atom stereocenters. The highest BCUT2D eigenvalue weighted by atomic mass is 79.9. The molecule has 8 nitrogen and oxygen atoms in total. The van der Waals surface area contributed by atoms with Crippen molar-refractivity contribution >= 4 is 64.8 Å². The third-order valence-electron chi connectivity index (χ3n) is 7.33. The summed E-state index contributed by atoms with van der Waals surface area (Å²) in [5, 5.41) is 8.51. The van der Waals surface area contributed by atoms with Crippen molar-refractivity contribution < 1.29 is 13.0 Å². The smallest absolute Gasteiger partial charge is 0.138 e. The molecule has 0 saturated heterocycles. The lowest BCUT2D eigenvalue weighted by Gasteiger charge is -2.17. The summed E-state index contributed by atoms with van der Waals surface area (Å²) in [5.41, 5.74) is 4.24. The Morgan fingerprint density at radius 2 is 1.10 bits per heavy atom. The second-order valence-corrected chi connectivity index (χ2v) is 15.2. The topological polar surface area (TPSA) is 105 Å². The van der Waals surface area contributed by atoms with E-state index >= 15 is 0 Å². The number of fused-ring (bicyclic) bond motifs is 2. The van der Waals surface area contributed by atoms with Crippen LogP contribution in [0.5, 0.6) is 0 Å². The number of aryl methyl sites for hydroxylation is 2. The molecule has 0 spiro atoms. The fraction of sp³-hybridized carbons (Fsp3) is 0.222. The minimum absolute atomic E-state index is 0.0112. The lowest BCUT2D eigenvalue weighted by molar-refractivity contribution is 0.626. The third-order valence-corrected chi connectivity index (χ3v) is 8.48. The van der Waals surface area contributed by atoms with Gasteiger partial charge in [-0.25, -0.2) is 32.9 Å². The summed E-state index contributed by atoms with van der Waals surface area (Å²) in [5.74, 6) is 2.30. The van der Waals surface area contributed by atoms with Crippen molar-refractivity contribution in [2.75, 3.05) is 23.1 Å². The molecule has 4 aromatic carbocycles. The van der Waals surface area contributed by atoms with Crippen LogP contribution in [0.15, 0.2) is 93.8 Å². The number of halogens is 3. The zero-order valence-electron chi connectivity index (χ0n) is 27.4. The predicted molar refractivity (Wildman–Crippen MR) is 195 cm³/mol. The minimum atomic E-state index is -2.26. The van der Waals surface area contributed by atoms with Gasteiger partial charge in [-0.05, 0) is 99.5 Å². The van der Waals surface area contributed by atoms with Crippen LogP contribution in [0.1, 0.15) is 48.7 Å². The zero-order chi connectivity index (χ0) is 34.6. The molecule has 0 radical (unpaired) electrons. The first-order chi connectivity index (χ1) is 22.7. The maximum atomic E-state index is 13.1. The van der Waals surface area contributed by atoms with Gasteiger partial charge >= 0.3 is 0 Å². The van der Waals surface area contributed by atoms with E-state index in [9.17, 15) is 13.0 Å². The van der Waals surface area contributed by atoms with Gasteiger partial charge in [0.05, 0.1) is 16.7 Å². The molecule has 0 amide bonds. The van der Waals surface area contributed by atoms with Gasteiger partial charge in [-0.2, -0.15) is 4.36 Å². The lowest BCUT2D eigenvalue weighted by Crippen LogP contribution is -2.09. The van der Waals surface area contributed by atoms with E-state index in [-0.39, 0.29) is 23.7 Å². The molecule has 0 saturated carbocycles. The first-order valence-corrected chi connectivity index (χ1v) is 18.3. The van der Waals surface area contributed by atoms with Gasteiger partial charge in [0.25, 0.3) is 0 Å². The summed E-state index contributed by atoms with van der Waals surface area (Å²) in [6.07, 6.45) is 3.19. The first kappa shape index (κ1) is 34.8. The van der Waals surface area contributed by atoms with E-state index in [1.807, 2.05) is 58.0 Å². The Balaban J connectivity index is 0.000000190. The number of benzene rings is 4. The first-order valence-electron chi connectivity index (χ1n) is 15.2. The molecule has 2 aromatic heterocycles. The predicted octanol–water partition coefficient (Wildman–Crippen LogP) is 9.62. The summed E-state index contributed by atoms with van der Waals surface area (Å²) in [6, 6.07) is 24.2. The molecule has 0 aliphatic rings. The summed E-state index contributed by atoms with van der Waals surface area (Å²) < 4.78 is 43.4. The van der Waals surface area contributed by atoms with Gasteiger partial charge in [0.1, 0.15) is 34.9 Å². The maximum Gasteiger partial charge on any atom is 0.138 e. The van der Waals surface area contributed by atoms with E-state index in [0.717, 1.165) is 43.2 Å². The average Bonchev–Trinajstić information content (AvgIpc) is 3.02. The van der Waals surface area contributed by atoms with Crippen LogP contribution in [0, 0.1) is 25.5 Å². The van der Waals surface area contributed by atoms with E-state index in [2.05, 4.69) is 50.9 Å². The quantitative estimate of drug-likeness (QED) is 0.168. The number of aromatic nitrogens is 4. The van der Waals surface area contributed by atoms with Crippen molar-refractivity contribution in [1.82, 2.24) is 19.9 Å². The van der Waals surface area contributed by atoms with Crippen molar-refractivity contribution in [2.45, 2.75) is 39.8 Å². The number of hydrogen-bond donors (Lipinski definition) is 2. The number of nitrogens with one attached hydrogen (secondary N) is 2. The van der Waals surface area contributed by atoms with Gasteiger partial charge in [-0.15, -0.1) is 0 Å². The second-order valence-electron chi connectivity index (χ2n) is 11.7. The maximum absolute atomic E-state index is 13.1. The molecule has 0 aliphatic carbocycles. The van der Waals surface area contributed by atoms with Crippen LogP contribution in [0.3, 0.4) is 0 Å². The standard InChI is InChI=1S/C19H21FN4OS.C17H15BrFN3/c1-12(14-5-7-15(20)8-6-14)21-19-17-11-16(24-26(3,4)25)9-10-18(17)22-13(2)23-19;1-10(12-3-6-14(19)7-4-12)20-17-15-9-13(18)5-8-16(15)21-11(2)22-17/h5-12H,1-4H3,(H,21,22,23);3-10H,1-2H3,(H,20,21,22). The Labute approximate surface area is 287 Å². The third kappa shape index (κ3) is 9.07. The Hall–Kier alpha value is -4.55. The van der Waals surface area contributed by atoms with Gasteiger partial charge < -0.3 is 10.6 Å². The van der Waals surface area contributed by atoms with Crippen LogP contribution in [-0.4, -0.2) is 36.7 Å². The summed E-state index contributed by atoms with van der Waals surface area (Å²) in [6.45, 7) is 7.70. The molecule has 6 aromatic rings. The fourth-order valence-electron chi connectivity index (χ4n) is 5.06. The number of hydrogen-bond acceptors (Lipinski definition) is 8. The van der Waals surface area contributed by atoms with Crippen molar-refractivity contribution in [2.24, 2.45) is 4.36 Å². The highest BCUT2D eigenvalue weighted by molar-refractivity contribution is 9.10. The number of rotatable bonds is 7. The van der Waals surface area contributed by atoms with Crippen LogP contribution in [0.4, 0.5) is 26.1 Å². The molecule has 2 heterocycles. The number of nitrogens with zero attached hydrogens (tertiary/aromatic N) is 5. The molecule has 248 valence electrons. The monoisotopic (exact) mass is 731 g/mol. The highest BCUT2D eigenvalue weighted by Crippen LogP contribution is 2.30. The van der Waals surface area contributed by atoms with Crippen molar-refractivity contribution in [1.29, 1.82) is 0 Å². The zero-order valence-corrected chi connectivity index (χ0v) is 29.8. The summed E-state index contributed by atoms with van der Waals surface area (Å²) in [7, 11) is -2.26. The van der Waals surface area contributed by atoms with E-state index in [1.165, 1.54) is 24.3 Å². The van der Waals surface area contributed by atoms with Gasteiger partial charge in [-0.3, -0.25) is 0 Å². The molecular weight excluding hydrogens is 696 g/mol. The Morgan fingerprint density at radius 3 is 1.56 bits per heavy atom. The molecule has 0 fully saturated rings. The molecule has 2 atom stereocenters. The Bertz CT molecular complexity index is 2200. The molecular formula is C36H36BrF2N7OS. The molecule has 2 N–H and O–H groups in total. The average molecular weight is 733 g/mol. The Morgan fingerprint density at radius 1 is 0.667 bits per heavy atom. The van der Waals surface area contributed by atoms with E-state index < -0.39 is 9.73 Å². The minimum Gasteiger partial charge on any atom is -0.363 e. The van der Waals surface area contributed by atoms with Crippen molar-refractivity contribution in [3.63, 3.8) is 0 Å². The molecule has 0 aliphatic heterocycles. The lowest BCUT2D eigenvalue weighted by atomic mass is 10.1. The number of anilines is 2. The van der Waals surface area contributed by atoms with Gasteiger partial charge in [0, 0.05) is 49.6 Å². The normalized spacial score (nSPS) is 12.6. The van der Waals surface area contributed by atoms with Gasteiger partial charge in [0.2, 0.25) is 0 Å². The van der Waals surface area contributed by atoms with Crippen molar-refractivity contribution in [3.05, 3.63) is 124 Å². The van der Waals surface area contributed by atoms with Crippen LogP contribution in [-0.2, 0) is 9.73 Å². The molecule has 48 heavy (non-hydrogen) atoms. The molecule has 12 heteroatoms. The molecule has 0 bridgehead atoms. The van der Waals surface area contributed by atoms with E-state index in [4.69, 9.17) is 0 Å². The largest absolute Gasteiger partial charge is 0.363 e. The summed E-state index contributed by atoms with van der Waals surface area (Å²) >= 11 is 3.48. The van der Waals surface area contributed by atoms with E-state index in [1.54, 1.807) is 42.8 Å². The van der Waals surface area contributed by atoms with Gasteiger partial charge in [0.15, 0.2) is 0 Å². The second kappa shape index (κ2) is 14.7. The fourth-order valence-corrected chi connectivity index (χ4v) is 6.04. The van der Waals surface area contributed by atoms with Crippen LogP contribution in [0.25, 0.3) is 21.8 Å². The SMILES string of the molecule is Cc1nc(NC(C)c2ccc(F)cc2)c2cc(Br)ccc2n1.Cc1nc(NC(C)c2ccc(F)cc2)c2cc(N=S(C)(C)=O)ccc2n1. The van der Waals surface area contributed by atoms with Crippen LogP contribution >= 0.6 is 15.9 Å².